The second-order valence-corrected chi connectivity index (χ2v) is 15.2. The molecule has 0 bridgehead atoms. The quantitative estimate of drug-likeness (QED) is 0.160. The molecule has 0 fully saturated rings. The molecule has 0 amide bonds. The van der Waals surface area contributed by atoms with Crippen molar-refractivity contribution in [1.29, 1.82) is 0 Å². The minimum atomic E-state index is -2.99. The lowest BCUT2D eigenvalue weighted by Crippen LogP contribution is -2.73. The average molecular weight is 428 g/mol. The summed E-state index contributed by atoms with van der Waals surface area (Å²) < 4.78 is 4.92. The molecule has 31 heavy (non-hydrogen) atoms. The van der Waals surface area contributed by atoms with Crippen LogP contribution in [0.5, 0.6) is 0 Å². The molecule has 0 spiro atoms. The Morgan fingerprint density at radius 1 is 0.548 bits per heavy atom. The van der Waals surface area contributed by atoms with E-state index in [2.05, 4.69) is 119 Å². The highest BCUT2D eigenvalue weighted by atomic mass is 28.3. The highest BCUT2D eigenvalue weighted by Gasteiger charge is 2.66. The summed E-state index contributed by atoms with van der Waals surface area (Å²) >= 11 is 0. The van der Waals surface area contributed by atoms with Gasteiger partial charge >= 0.3 is 0 Å². The summed E-state index contributed by atoms with van der Waals surface area (Å²) in [5.74, 6) is 0. The number of hydrogen-bond donors (Lipinski definition) is 0. The van der Waals surface area contributed by atoms with Gasteiger partial charge in [0.15, 0.2) is 8.24 Å². The van der Waals surface area contributed by atoms with Crippen LogP contribution in [0.1, 0.15) is 58.2 Å². The number of hydrogen-bond acceptors (Lipinski definition) is 1. The van der Waals surface area contributed by atoms with E-state index in [4.69, 9.17) is 4.78 Å². The molecular weight excluding hydrogens is 394 g/mol. The molecule has 0 saturated heterocycles. The minimum absolute atomic E-state index is 0.348. The summed E-state index contributed by atoms with van der Waals surface area (Å²) in [6, 6.07) is 31.7. The molecule has 0 N–H and O–H groups in total. The molecule has 4 heteroatoms. The third kappa shape index (κ3) is 3.50. The molecule has 3 rings (SSSR count). The van der Waals surface area contributed by atoms with Crippen LogP contribution in [0, 0.1) is 0 Å². The van der Waals surface area contributed by atoms with E-state index < -0.39 is 8.24 Å². The molecule has 0 aromatic heterocycles. The van der Waals surface area contributed by atoms with E-state index in [0.717, 1.165) is 0 Å². The topological polar surface area (TPSA) is 48.8 Å². The van der Waals surface area contributed by atoms with Gasteiger partial charge in [0.05, 0.1) is 0 Å². The predicted molar refractivity (Wildman–Crippen MR) is 133 cm³/mol. The lowest BCUT2D eigenvalue weighted by Gasteiger charge is -2.59. The zero-order valence-electron chi connectivity index (χ0n) is 19.5. The first-order valence-electron chi connectivity index (χ1n) is 10.9. The van der Waals surface area contributed by atoms with Crippen molar-refractivity contribution in [2.24, 2.45) is 4.78 Å². The fourth-order valence-corrected chi connectivity index (χ4v) is 13.3. The van der Waals surface area contributed by atoms with Crippen molar-refractivity contribution in [3.05, 3.63) is 118 Å². The Balaban J connectivity index is 2.46. The van der Waals surface area contributed by atoms with Crippen LogP contribution in [-0.4, -0.2) is 8.24 Å². The fraction of sp³-hybridized carbons (Fsp3) is 0.333. The van der Waals surface area contributed by atoms with Crippen molar-refractivity contribution in [2.45, 2.75) is 56.7 Å². The zero-order valence-corrected chi connectivity index (χ0v) is 20.5. The van der Waals surface area contributed by atoms with Gasteiger partial charge in [-0.25, -0.2) is 0 Å². The van der Waals surface area contributed by atoms with Gasteiger partial charge in [0.25, 0.3) is 0 Å². The molecule has 0 radical (unpaired) electrons. The summed E-state index contributed by atoms with van der Waals surface area (Å²) in [5.41, 5.74) is 13.7. The smallest absolute Gasteiger partial charge is 0.121 e. The van der Waals surface area contributed by atoms with Gasteiger partial charge in [0.2, 0.25) is 0 Å². The van der Waals surface area contributed by atoms with E-state index in [9.17, 15) is 5.53 Å². The van der Waals surface area contributed by atoms with Gasteiger partial charge in [0.1, 0.15) is 0 Å². The van der Waals surface area contributed by atoms with Crippen LogP contribution in [0.3, 0.4) is 0 Å². The first-order valence-corrected chi connectivity index (χ1v) is 12.8. The van der Waals surface area contributed by atoms with Gasteiger partial charge in [-0.1, -0.05) is 133 Å². The molecule has 0 atom stereocenters. The van der Waals surface area contributed by atoms with Crippen LogP contribution in [0.2, 0.25) is 0 Å². The zero-order chi connectivity index (χ0) is 22.8. The third-order valence-electron chi connectivity index (χ3n) is 7.39. The maximum atomic E-state index is 10.0. The SMILES string of the molecule is CC(C)(c1ccccc1)[Si](N=[N+]=[N-])(C(C)(C)c1ccccc1)C(C)(C)c1ccccc1. The van der Waals surface area contributed by atoms with E-state index in [0.29, 0.717) is 0 Å². The first kappa shape index (κ1) is 22.9. The van der Waals surface area contributed by atoms with Crippen LogP contribution < -0.4 is 0 Å². The predicted octanol–water partition coefficient (Wildman–Crippen LogP) is 7.79. The van der Waals surface area contributed by atoms with Gasteiger partial charge < -0.3 is 0 Å². The van der Waals surface area contributed by atoms with Crippen molar-refractivity contribution in [2.75, 3.05) is 0 Å². The largest absolute Gasteiger partial charge is 0.186 e. The molecule has 160 valence electrons. The van der Waals surface area contributed by atoms with Crippen molar-refractivity contribution in [3.63, 3.8) is 0 Å². The number of benzene rings is 3. The molecule has 3 nitrogen and oxygen atoms in total. The van der Waals surface area contributed by atoms with Crippen molar-refractivity contribution in [3.8, 4) is 0 Å². The van der Waals surface area contributed by atoms with Crippen LogP contribution in [-0.2, 0) is 15.1 Å². The van der Waals surface area contributed by atoms with Gasteiger partial charge in [-0.15, -0.1) is 4.78 Å². The number of azide groups is 1. The third-order valence-corrected chi connectivity index (χ3v) is 14.1. The molecule has 0 aliphatic rings. The fourth-order valence-electron chi connectivity index (χ4n) is 5.98. The Bertz CT molecular complexity index is 926. The molecule has 0 heterocycles. The van der Waals surface area contributed by atoms with Crippen molar-refractivity contribution >= 4 is 8.24 Å². The Labute approximate surface area is 187 Å². The van der Waals surface area contributed by atoms with Crippen LogP contribution in [0.15, 0.2) is 95.8 Å². The van der Waals surface area contributed by atoms with Gasteiger partial charge in [-0.05, 0) is 42.2 Å². The average Bonchev–Trinajstić information content (AvgIpc) is 2.78. The molecule has 0 unspecified atom stereocenters. The van der Waals surface area contributed by atoms with Crippen LogP contribution in [0.4, 0.5) is 0 Å². The Hall–Kier alpha value is -2.81. The Morgan fingerprint density at radius 3 is 1.03 bits per heavy atom. The van der Waals surface area contributed by atoms with Crippen LogP contribution >= 0.6 is 0 Å². The van der Waals surface area contributed by atoms with E-state index in [-0.39, 0.29) is 15.1 Å². The number of nitrogens with zero attached hydrogens (tertiary/aromatic N) is 3. The van der Waals surface area contributed by atoms with Gasteiger partial charge in [-0.2, -0.15) is 0 Å². The number of rotatable bonds is 7. The van der Waals surface area contributed by atoms with Gasteiger partial charge in [0, 0.05) is 0 Å². The molecule has 0 aliphatic carbocycles. The molecule has 0 saturated carbocycles. The normalized spacial score (nSPS) is 12.8. The van der Waals surface area contributed by atoms with E-state index in [1.165, 1.54) is 16.7 Å². The maximum absolute atomic E-state index is 10.0. The van der Waals surface area contributed by atoms with Gasteiger partial charge in [-0.3, -0.25) is 0 Å². The summed E-state index contributed by atoms with van der Waals surface area (Å²) in [5, 5.41) is -1.04. The van der Waals surface area contributed by atoms with Crippen molar-refractivity contribution in [1.82, 2.24) is 0 Å². The molecule has 0 aliphatic heterocycles. The highest BCUT2D eigenvalue weighted by molar-refractivity contribution is 6.86. The summed E-state index contributed by atoms with van der Waals surface area (Å²) in [7, 11) is -2.99. The van der Waals surface area contributed by atoms with Crippen molar-refractivity contribution < 1.29 is 0 Å². The standard InChI is InChI=1S/C27H33N3Si/c1-25(2,22-16-10-7-11-17-22)31(30-29-28,26(3,4)23-18-12-8-13-19-23)27(5,6)24-20-14-9-15-21-24/h7-21H,1-6H3. The van der Waals surface area contributed by atoms with E-state index >= 15 is 0 Å². The van der Waals surface area contributed by atoms with Crippen LogP contribution in [0.25, 0.3) is 10.4 Å². The summed E-state index contributed by atoms with van der Waals surface area (Å²) in [6.07, 6.45) is 0. The van der Waals surface area contributed by atoms with E-state index in [1.807, 2.05) is 18.2 Å². The Kier molecular flexibility index (Phi) is 6.18. The lowest BCUT2D eigenvalue weighted by molar-refractivity contribution is 0.520. The Morgan fingerprint density at radius 2 is 0.806 bits per heavy atom. The summed E-state index contributed by atoms with van der Waals surface area (Å²) in [6.45, 7) is 13.7. The lowest BCUT2D eigenvalue weighted by atomic mass is 9.99. The second-order valence-electron chi connectivity index (χ2n) is 9.87. The minimum Gasteiger partial charge on any atom is -0.121 e. The molecule has 3 aromatic carbocycles. The highest BCUT2D eigenvalue weighted by Crippen LogP contribution is 2.55. The summed E-state index contributed by atoms with van der Waals surface area (Å²) in [4.78, 5) is 3.57. The van der Waals surface area contributed by atoms with E-state index in [1.54, 1.807) is 0 Å². The molecule has 3 aromatic rings. The monoisotopic (exact) mass is 427 g/mol. The second kappa shape index (κ2) is 8.37. The first-order chi connectivity index (χ1) is 14.6. The maximum Gasteiger partial charge on any atom is 0.186 e. The molecular formula is C27H33N3Si.